The van der Waals surface area contributed by atoms with E-state index < -0.39 is 0 Å². The van der Waals surface area contributed by atoms with Crippen molar-refractivity contribution in [2.45, 2.75) is 38.5 Å². The lowest BCUT2D eigenvalue weighted by atomic mass is 10.1. The van der Waals surface area contributed by atoms with Crippen LogP contribution in [0.3, 0.4) is 0 Å². The highest BCUT2D eigenvalue weighted by Crippen LogP contribution is 2.28. The molecule has 6 heteroatoms. The van der Waals surface area contributed by atoms with Gasteiger partial charge in [-0.15, -0.1) is 0 Å². The summed E-state index contributed by atoms with van der Waals surface area (Å²) in [5.74, 6) is 0.382. The van der Waals surface area contributed by atoms with Gasteiger partial charge in [-0.3, -0.25) is 4.79 Å². The largest absolute Gasteiger partial charge is 0.370 e. The molecule has 1 aliphatic heterocycles. The Hall–Kier alpha value is -3.15. The van der Waals surface area contributed by atoms with Gasteiger partial charge in [-0.1, -0.05) is 18.2 Å². The first-order valence-corrected chi connectivity index (χ1v) is 10.5. The number of hydrogen-bond acceptors (Lipinski definition) is 4. The van der Waals surface area contributed by atoms with Crippen LogP contribution in [0.5, 0.6) is 0 Å². The Bertz CT molecular complexity index is 1000. The van der Waals surface area contributed by atoms with E-state index in [0.717, 1.165) is 55.0 Å². The molecule has 0 saturated carbocycles. The zero-order valence-electron chi connectivity index (χ0n) is 16.5. The number of carbonyl (C=O) groups is 1. The second-order valence-electron chi connectivity index (χ2n) is 7.78. The maximum absolute atomic E-state index is 13.0. The van der Waals surface area contributed by atoms with Gasteiger partial charge in [0.25, 0.3) is 5.91 Å². The molecule has 2 aromatic heterocycles. The van der Waals surface area contributed by atoms with Gasteiger partial charge in [-0.25, -0.2) is 9.67 Å². The van der Waals surface area contributed by atoms with Crippen LogP contribution in [0.25, 0.3) is 5.69 Å². The summed E-state index contributed by atoms with van der Waals surface area (Å²) < 4.78 is 1.92. The van der Waals surface area contributed by atoms with Gasteiger partial charge >= 0.3 is 0 Å². The lowest BCUT2D eigenvalue weighted by Gasteiger charge is -2.28. The summed E-state index contributed by atoms with van der Waals surface area (Å²) in [5, 5.41) is 7.60. The van der Waals surface area contributed by atoms with Crippen LogP contribution >= 0.6 is 0 Å². The molecule has 0 unspecified atom stereocenters. The van der Waals surface area contributed by atoms with Crippen molar-refractivity contribution in [2.24, 2.45) is 0 Å². The standard InChI is InChI=1S/C23H25N5O/c29-23(25-21-13-12-18(16-24-21)27-14-5-2-6-15-27)22-19-10-7-11-20(19)28(26-22)17-8-3-1-4-9-17/h1,3-4,8-9,12-13,16H,2,5-7,10-11,14-15H2,(H,24,25,29). The number of hydrogen-bond donors (Lipinski definition) is 1. The molecule has 3 aromatic rings. The van der Waals surface area contributed by atoms with Crippen LogP contribution in [0.2, 0.25) is 0 Å². The smallest absolute Gasteiger partial charge is 0.277 e. The van der Waals surface area contributed by atoms with Crippen LogP contribution in [0, 0.1) is 0 Å². The molecule has 29 heavy (non-hydrogen) atoms. The molecule has 1 saturated heterocycles. The van der Waals surface area contributed by atoms with Crippen LogP contribution in [0.4, 0.5) is 11.5 Å². The van der Waals surface area contributed by atoms with Crippen LogP contribution in [-0.4, -0.2) is 33.8 Å². The Labute approximate surface area is 170 Å². The predicted octanol–water partition coefficient (Wildman–Crippen LogP) is 4.00. The van der Waals surface area contributed by atoms with E-state index in [4.69, 9.17) is 0 Å². The molecule has 1 N–H and O–H groups in total. The highest BCUT2D eigenvalue weighted by Gasteiger charge is 2.27. The number of anilines is 2. The van der Waals surface area contributed by atoms with E-state index in [1.807, 2.05) is 53.3 Å². The molecule has 0 radical (unpaired) electrons. The summed E-state index contributed by atoms with van der Waals surface area (Å²) in [6.07, 6.45) is 8.52. The zero-order chi connectivity index (χ0) is 19.6. The highest BCUT2D eigenvalue weighted by molar-refractivity contribution is 6.03. The number of benzene rings is 1. The predicted molar refractivity (Wildman–Crippen MR) is 114 cm³/mol. The summed E-state index contributed by atoms with van der Waals surface area (Å²) in [6.45, 7) is 2.16. The number of pyridine rings is 1. The first-order chi connectivity index (χ1) is 14.3. The molecule has 2 aliphatic rings. The topological polar surface area (TPSA) is 63.1 Å². The monoisotopic (exact) mass is 387 g/mol. The Balaban J connectivity index is 1.36. The number of amides is 1. The molecular formula is C23H25N5O. The normalized spacial score (nSPS) is 15.9. The molecule has 1 amide bonds. The van der Waals surface area contributed by atoms with E-state index >= 15 is 0 Å². The molecule has 1 aromatic carbocycles. The summed E-state index contributed by atoms with van der Waals surface area (Å²) in [6, 6.07) is 13.9. The molecule has 0 atom stereocenters. The number of carbonyl (C=O) groups excluding carboxylic acids is 1. The van der Waals surface area contributed by atoms with Gasteiger partial charge in [0.05, 0.1) is 17.6 Å². The average Bonchev–Trinajstić information content (AvgIpc) is 3.38. The van der Waals surface area contributed by atoms with Crippen molar-refractivity contribution in [3.05, 3.63) is 65.6 Å². The molecule has 1 fully saturated rings. The van der Waals surface area contributed by atoms with Gasteiger partial charge in [0.1, 0.15) is 5.82 Å². The fraction of sp³-hybridized carbons (Fsp3) is 0.348. The first kappa shape index (κ1) is 17.9. The maximum atomic E-state index is 13.0. The van der Waals surface area contributed by atoms with Crippen molar-refractivity contribution in [2.75, 3.05) is 23.3 Å². The minimum atomic E-state index is -0.184. The van der Waals surface area contributed by atoms with E-state index in [-0.39, 0.29) is 5.91 Å². The number of rotatable bonds is 4. The van der Waals surface area contributed by atoms with Crippen molar-refractivity contribution in [3.63, 3.8) is 0 Å². The third-order valence-corrected chi connectivity index (χ3v) is 5.86. The van der Waals surface area contributed by atoms with Crippen LogP contribution in [-0.2, 0) is 12.8 Å². The van der Waals surface area contributed by atoms with Gasteiger partial charge in [0, 0.05) is 24.3 Å². The van der Waals surface area contributed by atoms with Gasteiger partial charge in [-0.2, -0.15) is 5.10 Å². The number of para-hydroxylation sites is 1. The molecule has 5 rings (SSSR count). The summed E-state index contributed by atoms with van der Waals surface area (Å²) in [5.41, 5.74) is 4.85. The second-order valence-corrected chi connectivity index (χ2v) is 7.78. The molecule has 1 aliphatic carbocycles. The van der Waals surface area contributed by atoms with Gasteiger partial charge < -0.3 is 10.2 Å². The number of aromatic nitrogens is 3. The Kier molecular flexibility index (Phi) is 4.76. The molecule has 3 heterocycles. The van der Waals surface area contributed by atoms with E-state index in [2.05, 4.69) is 20.3 Å². The third kappa shape index (κ3) is 3.50. The minimum absolute atomic E-state index is 0.184. The van der Waals surface area contributed by atoms with Gasteiger partial charge in [0.15, 0.2) is 5.69 Å². The molecule has 6 nitrogen and oxygen atoms in total. The zero-order valence-corrected chi connectivity index (χ0v) is 16.5. The number of nitrogens with zero attached hydrogens (tertiary/aromatic N) is 4. The third-order valence-electron chi connectivity index (χ3n) is 5.86. The van der Waals surface area contributed by atoms with Crippen molar-refractivity contribution >= 4 is 17.4 Å². The molecule has 148 valence electrons. The van der Waals surface area contributed by atoms with Gasteiger partial charge in [-0.05, 0) is 62.8 Å². The van der Waals surface area contributed by atoms with E-state index in [0.29, 0.717) is 11.5 Å². The number of nitrogens with one attached hydrogen (secondary N) is 1. The van der Waals surface area contributed by atoms with Gasteiger partial charge in [0.2, 0.25) is 0 Å². The quantitative estimate of drug-likeness (QED) is 0.735. The van der Waals surface area contributed by atoms with Crippen LogP contribution in [0.15, 0.2) is 48.7 Å². The first-order valence-electron chi connectivity index (χ1n) is 10.5. The average molecular weight is 387 g/mol. The SMILES string of the molecule is O=C(Nc1ccc(N2CCCCC2)cn1)c1nn(-c2ccccc2)c2c1CCC2. The maximum Gasteiger partial charge on any atom is 0.277 e. The summed E-state index contributed by atoms with van der Waals surface area (Å²) >= 11 is 0. The van der Waals surface area contributed by atoms with Crippen molar-refractivity contribution < 1.29 is 4.79 Å². The number of fused-ring (bicyclic) bond motifs is 1. The molecule has 0 spiro atoms. The fourth-order valence-corrected chi connectivity index (χ4v) is 4.38. The Morgan fingerprint density at radius 2 is 1.72 bits per heavy atom. The molecule has 0 bridgehead atoms. The highest BCUT2D eigenvalue weighted by atomic mass is 16.2. The number of piperidine rings is 1. The van der Waals surface area contributed by atoms with E-state index in [1.165, 1.54) is 19.3 Å². The van der Waals surface area contributed by atoms with Crippen LogP contribution in [0.1, 0.15) is 47.4 Å². The second kappa shape index (κ2) is 7.70. The summed E-state index contributed by atoms with van der Waals surface area (Å²) in [7, 11) is 0. The minimum Gasteiger partial charge on any atom is -0.370 e. The Morgan fingerprint density at radius 1 is 0.897 bits per heavy atom. The van der Waals surface area contributed by atoms with E-state index in [9.17, 15) is 4.79 Å². The van der Waals surface area contributed by atoms with Crippen molar-refractivity contribution in [3.8, 4) is 5.69 Å². The lowest BCUT2D eigenvalue weighted by Crippen LogP contribution is -2.29. The fourth-order valence-electron chi connectivity index (χ4n) is 4.38. The lowest BCUT2D eigenvalue weighted by molar-refractivity contribution is 0.102. The van der Waals surface area contributed by atoms with Crippen molar-refractivity contribution in [1.29, 1.82) is 0 Å². The molecular weight excluding hydrogens is 362 g/mol. The van der Waals surface area contributed by atoms with E-state index in [1.54, 1.807) is 0 Å². The van der Waals surface area contributed by atoms with Crippen molar-refractivity contribution in [1.82, 2.24) is 14.8 Å². The summed E-state index contributed by atoms with van der Waals surface area (Å²) in [4.78, 5) is 19.8. The Morgan fingerprint density at radius 3 is 2.48 bits per heavy atom. The van der Waals surface area contributed by atoms with Crippen LogP contribution < -0.4 is 10.2 Å².